The lowest BCUT2D eigenvalue weighted by atomic mass is 10.1. The van der Waals surface area contributed by atoms with Gasteiger partial charge >= 0.3 is 0 Å². The number of benzene rings is 2. The van der Waals surface area contributed by atoms with Crippen LogP contribution in [0.15, 0.2) is 24.3 Å². The van der Waals surface area contributed by atoms with E-state index in [0.29, 0.717) is 37.1 Å². The lowest BCUT2D eigenvalue weighted by Crippen LogP contribution is -2.41. The molecular formula is C20H21Cl2FN2O5. The summed E-state index contributed by atoms with van der Waals surface area (Å²) in [6.07, 6.45) is 0. The molecule has 0 aliphatic rings. The third kappa shape index (κ3) is 5.67. The fraction of sp³-hybridized carbons (Fsp3) is 0.300. The summed E-state index contributed by atoms with van der Waals surface area (Å²) in [4.78, 5) is 24.8. The first-order chi connectivity index (χ1) is 14.3. The van der Waals surface area contributed by atoms with Crippen molar-refractivity contribution in [3.63, 3.8) is 0 Å². The van der Waals surface area contributed by atoms with Crippen molar-refractivity contribution in [1.82, 2.24) is 10.9 Å². The molecular weight excluding hydrogens is 438 g/mol. The molecule has 0 aliphatic carbocycles. The topological polar surface area (TPSA) is 85.9 Å². The van der Waals surface area contributed by atoms with Crippen molar-refractivity contribution in [3.8, 4) is 17.2 Å². The Labute approximate surface area is 183 Å². The SMILES string of the molecule is CCOc1cc(C(=O)NNC(=O)c2cc(F)c(Cl)cc2Cl)cc(OCC)c1OCC. The quantitative estimate of drug-likeness (QED) is 0.452. The third-order valence-electron chi connectivity index (χ3n) is 3.72. The van der Waals surface area contributed by atoms with Gasteiger partial charge in [0.05, 0.1) is 35.4 Å². The minimum Gasteiger partial charge on any atom is -0.490 e. The van der Waals surface area contributed by atoms with Gasteiger partial charge in [0.1, 0.15) is 5.82 Å². The second-order valence-corrected chi connectivity index (χ2v) is 6.57. The summed E-state index contributed by atoms with van der Waals surface area (Å²) in [7, 11) is 0. The maximum absolute atomic E-state index is 13.6. The van der Waals surface area contributed by atoms with Gasteiger partial charge in [-0.05, 0) is 45.0 Å². The lowest BCUT2D eigenvalue weighted by molar-refractivity contribution is 0.0846. The zero-order chi connectivity index (χ0) is 22.3. The summed E-state index contributed by atoms with van der Waals surface area (Å²) in [5.74, 6) is -1.25. The summed E-state index contributed by atoms with van der Waals surface area (Å²) in [5, 5.41) is -0.284. The monoisotopic (exact) mass is 458 g/mol. The number of halogens is 3. The zero-order valence-corrected chi connectivity index (χ0v) is 18.1. The maximum Gasteiger partial charge on any atom is 0.271 e. The van der Waals surface area contributed by atoms with E-state index in [4.69, 9.17) is 37.4 Å². The predicted octanol–water partition coefficient (Wildman–Crippen LogP) is 4.40. The average Bonchev–Trinajstić information content (AvgIpc) is 2.71. The highest BCUT2D eigenvalue weighted by molar-refractivity contribution is 6.36. The molecule has 2 aromatic rings. The molecule has 2 amide bonds. The number of ether oxygens (including phenoxy) is 3. The molecule has 0 aromatic heterocycles. The van der Waals surface area contributed by atoms with Crippen LogP contribution in [0.4, 0.5) is 4.39 Å². The van der Waals surface area contributed by atoms with Crippen molar-refractivity contribution >= 4 is 35.0 Å². The van der Waals surface area contributed by atoms with Gasteiger partial charge in [-0.25, -0.2) is 4.39 Å². The highest BCUT2D eigenvalue weighted by atomic mass is 35.5. The van der Waals surface area contributed by atoms with E-state index < -0.39 is 17.6 Å². The van der Waals surface area contributed by atoms with Gasteiger partial charge in [-0.15, -0.1) is 0 Å². The van der Waals surface area contributed by atoms with Crippen molar-refractivity contribution < 1.29 is 28.2 Å². The van der Waals surface area contributed by atoms with Crippen LogP contribution in [0, 0.1) is 5.82 Å². The molecule has 0 saturated heterocycles. The predicted molar refractivity (Wildman–Crippen MR) is 111 cm³/mol. The van der Waals surface area contributed by atoms with Crippen molar-refractivity contribution in [1.29, 1.82) is 0 Å². The van der Waals surface area contributed by atoms with E-state index >= 15 is 0 Å². The third-order valence-corrected chi connectivity index (χ3v) is 4.32. The Balaban J connectivity index is 2.23. The Morgan fingerprint density at radius 2 is 1.37 bits per heavy atom. The van der Waals surface area contributed by atoms with E-state index in [1.807, 2.05) is 6.92 Å². The number of rotatable bonds is 8. The van der Waals surface area contributed by atoms with Crippen LogP contribution in [0.3, 0.4) is 0 Å². The van der Waals surface area contributed by atoms with Crippen molar-refractivity contribution in [2.24, 2.45) is 0 Å². The number of carbonyl (C=O) groups excluding carboxylic acids is 2. The van der Waals surface area contributed by atoms with Crippen LogP contribution < -0.4 is 25.1 Å². The minimum absolute atomic E-state index is 0.0634. The number of nitrogens with one attached hydrogen (secondary N) is 2. The van der Waals surface area contributed by atoms with Gasteiger partial charge in [-0.2, -0.15) is 0 Å². The smallest absolute Gasteiger partial charge is 0.271 e. The number of amides is 2. The molecule has 10 heteroatoms. The second-order valence-electron chi connectivity index (χ2n) is 5.76. The molecule has 0 saturated carbocycles. The molecule has 0 heterocycles. The lowest BCUT2D eigenvalue weighted by Gasteiger charge is -2.17. The fourth-order valence-corrected chi connectivity index (χ4v) is 2.94. The van der Waals surface area contributed by atoms with Crippen molar-refractivity contribution in [3.05, 3.63) is 51.3 Å². The van der Waals surface area contributed by atoms with E-state index in [9.17, 15) is 14.0 Å². The van der Waals surface area contributed by atoms with E-state index in [2.05, 4.69) is 10.9 Å². The fourth-order valence-electron chi connectivity index (χ4n) is 2.47. The number of hydrogen-bond acceptors (Lipinski definition) is 5. The summed E-state index contributed by atoms with van der Waals surface area (Å²) in [5.41, 5.74) is 4.39. The molecule has 0 aliphatic heterocycles. The molecule has 2 aromatic carbocycles. The van der Waals surface area contributed by atoms with E-state index in [1.54, 1.807) is 13.8 Å². The molecule has 0 atom stereocenters. The number of carbonyl (C=O) groups is 2. The molecule has 0 unspecified atom stereocenters. The molecule has 0 bridgehead atoms. The molecule has 0 spiro atoms. The standard InChI is InChI=1S/C20H21Cl2FN2O5/c1-4-28-16-7-11(8-17(29-5-2)18(16)30-6-3)19(26)24-25-20(27)12-9-15(23)14(22)10-13(12)21/h7-10H,4-6H2,1-3H3,(H,24,26)(H,25,27). The van der Waals surface area contributed by atoms with Gasteiger partial charge < -0.3 is 14.2 Å². The largest absolute Gasteiger partial charge is 0.490 e. The van der Waals surface area contributed by atoms with Gasteiger partial charge in [0, 0.05) is 5.56 Å². The summed E-state index contributed by atoms with van der Waals surface area (Å²) in [6, 6.07) is 4.91. The van der Waals surface area contributed by atoms with Crippen LogP contribution in [0.2, 0.25) is 10.0 Å². The van der Waals surface area contributed by atoms with Crippen molar-refractivity contribution in [2.75, 3.05) is 19.8 Å². The Morgan fingerprint density at radius 1 is 0.833 bits per heavy atom. The maximum atomic E-state index is 13.6. The van der Waals surface area contributed by atoms with E-state index in [-0.39, 0.29) is 21.2 Å². The molecule has 7 nitrogen and oxygen atoms in total. The number of hydrogen-bond donors (Lipinski definition) is 2. The van der Waals surface area contributed by atoms with E-state index in [0.717, 1.165) is 12.1 Å². The summed E-state index contributed by atoms with van der Waals surface area (Å²) >= 11 is 11.5. The van der Waals surface area contributed by atoms with Gasteiger partial charge in [-0.3, -0.25) is 20.4 Å². The van der Waals surface area contributed by atoms with Crippen molar-refractivity contribution in [2.45, 2.75) is 20.8 Å². The Morgan fingerprint density at radius 3 is 1.90 bits per heavy atom. The second kappa shape index (κ2) is 10.9. The summed E-state index contributed by atoms with van der Waals surface area (Å²) < 4.78 is 30.3. The van der Waals surface area contributed by atoms with Gasteiger partial charge in [0.15, 0.2) is 11.5 Å². The van der Waals surface area contributed by atoms with Crippen LogP contribution in [-0.4, -0.2) is 31.6 Å². The number of hydrazine groups is 1. The molecule has 0 radical (unpaired) electrons. The molecule has 0 fully saturated rings. The first kappa shape index (κ1) is 23.6. The minimum atomic E-state index is -0.815. The summed E-state index contributed by atoms with van der Waals surface area (Å²) in [6.45, 7) is 6.45. The molecule has 2 N–H and O–H groups in total. The van der Waals surface area contributed by atoms with Crippen LogP contribution in [-0.2, 0) is 0 Å². The van der Waals surface area contributed by atoms with E-state index in [1.165, 1.54) is 12.1 Å². The Hall–Kier alpha value is -2.71. The highest BCUT2D eigenvalue weighted by Gasteiger charge is 2.20. The average molecular weight is 459 g/mol. The molecule has 2 rings (SSSR count). The highest BCUT2D eigenvalue weighted by Crippen LogP contribution is 2.39. The first-order valence-corrected chi connectivity index (χ1v) is 9.89. The van der Waals surface area contributed by atoms with Gasteiger partial charge in [0.25, 0.3) is 11.8 Å². The molecule has 162 valence electrons. The Bertz CT molecular complexity index is 913. The van der Waals surface area contributed by atoms with Gasteiger partial charge in [0.2, 0.25) is 5.75 Å². The Kier molecular flexibility index (Phi) is 8.56. The molecule has 30 heavy (non-hydrogen) atoms. The van der Waals surface area contributed by atoms with Crippen LogP contribution >= 0.6 is 23.2 Å². The van der Waals surface area contributed by atoms with Crippen LogP contribution in [0.1, 0.15) is 41.5 Å². The van der Waals surface area contributed by atoms with Crippen LogP contribution in [0.5, 0.6) is 17.2 Å². The van der Waals surface area contributed by atoms with Crippen LogP contribution in [0.25, 0.3) is 0 Å². The first-order valence-electron chi connectivity index (χ1n) is 9.13. The zero-order valence-electron chi connectivity index (χ0n) is 16.6. The normalized spacial score (nSPS) is 10.3. The van der Waals surface area contributed by atoms with Gasteiger partial charge in [-0.1, -0.05) is 23.2 Å².